The Labute approximate surface area is 178 Å². The maximum absolute atomic E-state index is 13.2. The average Bonchev–Trinajstić information content (AvgIpc) is 2.76. The van der Waals surface area contributed by atoms with E-state index in [0.717, 1.165) is 45.5 Å². The second-order valence-electron chi connectivity index (χ2n) is 7.38. The molecule has 1 heterocycles. The first-order chi connectivity index (χ1) is 14.2. The lowest BCUT2D eigenvalue weighted by atomic mass is 9.99. The second-order valence-corrected chi connectivity index (χ2v) is 8.26. The van der Waals surface area contributed by atoms with Crippen molar-refractivity contribution < 1.29 is 4.79 Å². The highest BCUT2D eigenvalue weighted by Crippen LogP contribution is 2.25. The van der Waals surface area contributed by atoms with Gasteiger partial charge in [0.05, 0.1) is 11.2 Å². The minimum atomic E-state index is -0.0555. The predicted molar refractivity (Wildman–Crippen MR) is 125 cm³/mol. The Bertz CT molecular complexity index is 949. The molecule has 0 fully saturated rings. The topological polar surface area (TPSA) is 42.0 Å². The number of anilines is 1. The van der Waals surface area contributed by atoms with Crippen molar-refractivity contribution in [2.75, 3.05) is 11.6 Å². The zero-order valence-electron chi connectivity index (χ0n) is 17.4. The Morgan fingerprint density at radius 2 is 1.79 bits per heavy atom. The molecule has 0 bridgehead atoms. The molecule has 0 unspecified atom stereocenters. The number of para-hydroxylation sites is 1. The van der Waals surface area contributed by atoms with E-state index in [2.05, 4.69) is 29.4 Å². The molecule has 3 nitrogen and oxygen atoms in total. The van der Waals surface area contributed by atoms with Crippen LogP contribution in [0, 0.1) is 0 Å². The van der Waals surface area contributed by atoms with Crippen LogP contribution >= 0.6 is 11.8 Å². The monoisotopic (exact) mass is 406 g/mol. The summed E-state index contributed by atoms with van der Waals surface area (Å²) in [6, 6.07) is 16.1. The number of hydrogen-bond donors (Lipinski definition) is 1. The van der Waals surface area contributed by atoms with Crippen LogP contribution in [0.4, 0.5) is 5.69 Å². The summed E-state index contributed by atoms with van der Waals surface area (Å²) in [6.07, 6.45) is 12.3. The highest BCUT2D eigenvalue weighted by atomic mass is 32.2. The smallest absolute Gasteiger partial charge is 0.256 e. The number of unbranched alkanes of at least 4 members (excludes halogenated alkanes) is 5. The lowest BCUT2D eigenvalue weighted by molar-refractivity contribution is 0.102. The van der Waals surface area contributed by atoms with Gasteiger partial charge in [0.2, 0.25) is 0 Å². The Balaban J connectivity index is 1.75. The van der Waals surface area contributed by atoms with Crippen LogP contribution in [0.25, 0.3) is 10.9 Å². The molecule has 3 aromatic rings. The highest BCUT2D eigenvalue weighted by molar-refractivity contribution is 7.98. The molecule has 0 aliphatic rings. The van der Waals surface area contributed by atoms with E-state index in [0.29, 0.717) is 0 Å². The molecule has 0 aliphatic carbocycles. The summed E-state index contributed by atoms with van der Waals surface area (Å²) < 4.78 is 0. The summed E-state index contributed by atoms with van der Waals surface area (Å²) >= 11 is 1.66. The van der Waals surface area contributed by atoms with Gasteiger partial charge in [-0.15, -0.1) is 11.8 Å². The van der Waals surface area contributed by atoms with Crippen LogP contribution in [0.15, 0.2) is 59.6 Å². The molecule has 29 heavy (non-hydrogen) atoms. The van der Waals surface area contributed by atoms with Gasteiger partial charge in [0.25, 0.3) is 5.91 Å². The molecule has 0 atom stereocenters. The molecule has 0 radical (unpaired) electrons. The number of nitrogens with one attached hydrogen (secondary N) is 1. The van der Waals surface area contributed by atoms with Crippen molar-refractivity contribution in [1.82, 2.24) is 4.98 Å². The van der Waals surface area contributed by atoms with Crippen LogP contribution in [0.3, 0.4) is 0 Å². The molecule has 4 heteroatoms. The number of amides is 1. The SMILES string of the molecule is CCCCCCCCc1ccc(SC)cc1C(=O)Nc1cccc2cccnc12. The largest absolute Gasteiger partial charge is 0.320 e. The predicted octanol–water partition coefficient (Wildman–Crippen LogP) is 7.11. The van der Waals surface area contributed by atoms with Gasteiger partial charge in [-0.05, 0) is 48.9 Å². The van der Waals surface area contributed by atoms with Gasteiger partial charge >= 0.3 is 0 Å². The molecule has 1 aromatic heterocycles. The first kappa shape index (κ1) is 21.4. The van der Waals surface area contributed by atoms with E-state index in [1.807, 2.05) is 42.7 Å². The molecule has 2 aromatic carbocycles. The van der Waals surface area contributed by atoms with Crippen molar-refractivity contribution in [2.24, 2.45) is 0 Å². The van der Waals surface area contributed by atoms with Crippen molar-refractivity contribution in [2.45, 2.75) is 56.8 Å². The summed E-state index contributed by atoms with van der Waals surface area (Å²) in [4.78, 5) is 18.7. The molecule has 1 N–H and O–H groups in total. The number of aromatic nitrogens is 1. The number of pyridine rings is 1. The number of carbonyl (C=O) groups is 1. The van der Waals surface area contributed by atoms with Crippen LogP contribution in [0.1, 0.15) is 61.4 Å². The lowest BCUT2D eigenvalue weighted by Crippen LogP contribution is -2.15. The maximum atomic E-state index is 13.2. The number of carbonyl (C=O) groups excluding carboxylic acids is 1. The fraction of sp³-hybridized carbons (Fsp3) is 0.360. The van der Waals surface area contributed by atoms with Gasteiger partial charge in [0.15, 0.2) is 0 Å². The summed E-state index contributed by atoms with van der Waals surface area (Å²) in [7, 11) is 0. The minimum absolute atomic E-state index is 0.0555. The summed E-state index contributed by atoms with van der Waals surface area (Å²) in [5.41, 5.74) is 3.48. The van der Waals surface area contributed by atoms with Gasteiger partial charge in [-0.25, -0.2) is 0 Å². The molecule has 1 amide bonds. The van der Waals surface area contributed by atoms with E-state index in [-0.39, 0.29) is 5.91 Å². The molecular weight excluding hydrogens is 376 g/mol. The Morgan fingerprint density at radius 3 is 2.62 bits per heavy atom. The first-order valence-corrected chi connectivity index (χ1v) is 11.8. The first-order valence-electron chi connectivity index (χ1n) is 10.5. The fourth-order valence-electron chi connectivity index (χ4n) is 3.60. The molecule has 0 spiro atoms. The van der Waals surface area contributed by atoms with Crippen LogP contribution in [0.5, 0.6) is 0 Å². The average molecular weight is 407 g/mol. The third kappa shape index (κ3) is 5.83. The third-order valence-corrected chi connectivity index (χ3v) is 5.97. The van der Waals surface area contributed by atoms with E-state index in [4.69, 9.17) is 0 Å². The number of benzene rings is 2. The number of nitrogens with zero attached hydrogens (tertiary/aromatic N) is 1. The minimum Gasteiger partial charge on any atom is -0.320 e. The molecule has 3 rings (SSSR count). The molecule has 0 saturated carbocycles. The molecular formula is C25H30N2OS. The summed E-state index contributed by atoms with van der Waals surface area (Å²) in [5.74, 6) is -0.0555. The quantitative estimate of drug-likeness (QED) is 0.288. The number of hydrogen-bond acceptors (Lipinski definition) is 3. The number of aryl methyl sites for hydroxylation is 1. The molecule has 152 valence electrons. The standard InChI is InChI=1S/C25H30N2OS/c1-3-4-5-6-7-8-11-19-15-16-21(29-2)18-22(19)25(28)27-23-14-9-12-20-13-10-17-26-24(20)23/h9-10,12-18H,3-8,11H2,1-2H3,(H,27,28). The second kappa shape index (κ2) is 11.0. The van der Waals surface area contributed by atoms with Crippen molar-refractivity contribution in [3.63, 3.8) is 0 Å². The Kier molecular flexibility index (Phi) is 8.12. The number of fused-ring (bicyclic) bond motifs is 1. The normalized spacial score (nSPS) is 11.0. The molecule has 0 saturated heterocycles. The van der Waals surface area contributed by atoms with Gasteiger partial charge in [0, 0.05) is 22.0 Å². The highest BCUT2D eigenvalue weighted by Gasteiger charge is 2.14. The van der Waals surface area contributed by atoms with Gasteiger partial charge in [-0.3, -0.25) is 9.78 Å². The van der Waals surface area contributed by atoms with Crippen LogP contribution in [-0.2, 0) is 6.42 Å². The lowest BCUT2D eigenvalue weighted by Gasteiger charge is -2.13. The van der Waals surface area contributed by atoms with E-state index in [9.17, 15) is 4.79 Å². The van der Waals surface area contributed by atoms with Gasteiger partial charge in [-0.1, -0.05) is 63.3 Å². The van der Waals surface area contributed by atoms with Crippen molar-refractivity contribution in [1.29, 1.82) is 0 Å². The third-order valence-electron chi connectivity index (χ3n) is 5.24. The summed E-state index contributed by atoms with van der Waals surface area (Å²) in [5, 5.41) is 4.12. The fourth-order valence-corrected chi connectivity index (χ4v) is 4.04. The van der Waals surface area contributed by atoms with Gasteiger partial charge in [0.1, 0.15) is 0 Å². The van der Waals surface area contributed by atoms with Crippen molar-refractivity contribution in [3.8, 4) is 0 Å². The van der Waals surface area contributed by atoms with Crippen LogP contribution in [-0.4, -0.2) is 17.1 Å². The summed E-state index contributed by atoms with van der Waals surface area (Å²) in [6.45, 7) is 2.24. The Morgan fingerprint density at radius 1 is 1.00 bits per heavy atom. The van der Waals surface area contributed by atoms with E-state index in [1.54, 1.807) is 18.0 Å². The zero-order valence-corrected chi connectivity index (χ0v) is 18.2. The maximum Gasteiger partial charge on any atom is 0.256 e. The van der Waals surface area contributed by atoms with Crippen molar-refractivity contribution >= 4 is 34.3 Å². The van der Waals surface area contributed by atoms with Crippen LogP contribution in [0.2, 0.25) is 0 Å². The van der Waals surface area contributed by atoms with Crippen molar-refractivity contribution in [3.05, 3.63) is 65.9 Å². The van der Waals surface area contributed by atoms with E-state index >= 15 is 0 Å². The van der Waals surface area contributed by atoms with Gasteiger partial charge < -0.3 is 5.32 Å². The van der Waals surface area contributed by atoms with Crippen LogP contribution < -0.4 is 5.32 Å². The van der Waals surface area contributed by atoms with E-state index in [1.165, 1.54) is 32.1 Å². The van der Waals surface area contributed by atoms with E-state index < -0.39 is 0 Å². The Hall–Kier alpha value is -2.33. The molecule has 0 aliphatic heterocycles. The zero-order chi connectivity index (χ0) is 20.5. The number of rotatable bonds is 10. The number of thioether (sulfide) groups is 1. The van der Waals surface area contributed by atoms with Gasteiger partial charge in [-0.2, -0.15) is 0 Å².